The summed E-state index contributed by atoms with van der Waals surface area (Å²) in [5.74, 6) is -3.23. The Hall–Kier alpha value is -4.50. The third-order valence-corrected chi connectivity index (χ3v) is 5.34. The lowest BCUT2D eigenvalue weighted by Crippen LogP contribution is -2.52. The van der Waals surface area contributed by atoms with Gasteiger partial charge in [0.25, 0.3) is 11.8 Å². The van der Waals surface area contributed by atoms with E-state index < -0.39 is 48.3 Å². The largest absolute Gasteiger partial charge is 0.461 e. The Bertz CT molecular complexity index is 1170. The molecule has 5 N–H and O–H groups in total. The lowest BCUT2D eigenvalue weighted by molar-refractivity contribution is -0.147. The third kappa shape index (κ3) is 7.51. The van der Waals surface area contributed by atoms with Crippen molar-refractivity contribution >= 4 is 23.7 Å². The van der Waals surface area contributed by atoms with Gasteiger partial charge in [0.2, 0.25) is 5.91 Å². The molecule has 0 aliphatic rings. The number of carbonyl (C=O) groups is 4. The Morgan fingerprint density at radius 3 is 1.94 bits per heavy atom. The number of primary amides is 1. The maximum atomic E-state index is 12.9. The van der Waals surface area contributed by atoms with Gasteiger partial charge in [0.15, 0.2) is 6.10 Å². The number of ether oxygens (including phenoxy) is 1. The van der Waals surface area contributed by atoms with Crippen molar-refractivity contribution in [3.8, 4) is 0 Å². The Balaban J connectivity index is 1.68. The van der Waals surface area contributed by atoms with Gasteiger partial charge in [0.1, 0.15) is 12.6 Å². The maximum Gasteiger partial charge on any atom is 0.308 e. The molecule has 0 aliphatic carbocycles. The first-order valence-corrected chi connectivity index (χ1v) is 11.2. The van der Waals surface area contributed by atoms with Crippen LogP contribution in [0.4, 0.5) is 0 Å². The predicted octanol–water partition coefficient (Wildman–Crippen LogP) is 1.62. The Kier molecular flexibility index (Phi) is 9.30. The van der Waals surface area contributed by atoms with E-state index in [4.69, 9.17) is 10.5 Å². The van der Waals surface area contributed by atoms with Gasteiger partial charge in [-0.05, 0) is 23.3 Å². The summed E-state index contributed by atoms with van der Waals surface area (Å²) < 4.78 is 5.15. The molecule has 0 aliphatic heterocycles. The fourth-order valence-corrected chi connectivity index (χ4v) is 3.41. The van der Waals surface area contributed by atoms with Crippen molar-refractivity contribution in [1.82, 2.24) is 10.6 Å². The van der Waals surface area contributed by atoms with Gasteiger partial charge in [-0.25, -0.2) is 0 Å². The molecule has 36 heavy (non-hydrogen) atoms. The zero-order valence-corrected chi connectivity index (χ0v) is 19.4. The van der Waals surface area contributed by atoms with Crippen LogP contribution in [0.15, 0.2) is 91.0 Å². The van der Waals surface area contributed by atoms with Gasteiger partial charge in [-0.3, -0.25) is 19.2 Å². The van der Waals surface area contributed by atoms with Crippen LogP contribution in [0.1, 0.15) is 33.9 Å². The van der Waals surface area contributed by atoms with E-state index in [1.807, 2.05) is 6.07 Å². The molecule has 9 heteroatoms. The van der Waals surface area contributed by atoms with Gasteiger partial charge in [-0.2, -0.15) is 0 Å². The number of rotatable bonds is 11. The van der Waals surface area contributed by atoms with Gasteiger partial charge in [0.05, 0.1) is 12.5 Å². The van der Waals surface area contributed by atoms with E-state index in [-0.39, 0.29) is 6.61 Å². The van der Waals surface area contributed by atoms with E-state index in [9.17, 15) is 24.3 Å². The summed E-state index contributed by atoms with van der Waals surface area (Å²) in [4.78, 5) is 49.8. The molecule has 0 aromatic heterocycles. The summed E-state index contributed by atoms with van der Waals surface area (Å²) in [5, 5.41) is 15.8. The Morgan fingerprint density at radius 1 is 0.806 bits per heavy atom. The Labute approximate surface area is 208 Å². The molecular weight excluding hydrogens is 462 g/mol. The highest BCUT2D eigenvalue weighted by Gasteiger charge is 2.32. The second kappa shape index (κ2) is 12.8. The van der Waals surface area contributed by atoms with Crippen LogP contribution in [0, 0.1) is 0 Å². The Morgan fingerprint density at radius 2 is 1.36 bits per heavy atom. The normalized spacial score (nSPS) is 13.0. The molecule has 0 saturated carbocycles. The summed E-state index contributed by atoms with van der Waals surface area (Å²) in [7, 11) is 0. The number of amides is 3. The van der Waals surface area contributed by atoms with Crippen LogP contribution in [0.5, 0.6) is 0 Å². The minimum absolute atomic E-state index is 0.0106. The SMILES string of the molecule is NC(=O)[C@H](CC(=O)OCc1ccccc1)NC(=O)[C@H](O)[C@@H](NC(=O)c1ccccc1)c1ccccc1. The quantitative estimate of drug-likeness (QED) is 0.301. The maximum absolute atomic E-state index is 12.9. The summed E-state index contributed by atoms with van der Waals surface area (Å²) in [6.07, 6.45) is -2.31. The molecule has 0 fully saturated rings. The molecule has 0 radical (unpaired) electrons. The highest BCUT2D eigenvalue weighted by atomic mass is 16.5. The van der Waals surface area contributed by atoms with Gasteiger partial charge >= 0.3 is 5.97 Å². The van der Waals surface area contributed by atoms with E-state index in [1.165, 1.54) is 0 Å². The minimum atomic E-state index is -1.79. The van der Waals surface area contributed by atoms with Crippen LogP contribution >= 0.6 is 0 Å². The van der Waals surface area contributed by atoms with Crippen LogP contribution in [0.2, 0.25) is 0 Å². The molecule has 3 rings (SSSR count). The number of benzene rings is 3. The van der Waals surface area contributed by atoms with Crippen LogP contribution in [-0.2, 0) is 25.7 Å². The van der Waals surface area contributed by atoms with Gasteiger partial charge in [-0.1, -0.05) is 78.9 Å². The standard InChI is InChI=1S/C27H27N3O6/c28-25(33)21(16-22(31)36-17-18-10-4-1-5-11-18)29-27(35)24(32)23(19-12-6-2-7-13-19)30-26(34)20-14-8-3-9-15-20/h1-15,21,23-24,32H,16-17H2,(H2,28,33)(H,29,35)(H,30,34)/t21-,23-,24+/m0/s1. The molecule has 3 atom stereocenters. The van der Waals surface area contributed by atoms with Crippen molar-refractivity contribution in [1.29, 1.82) is 0 Å². The number of carbonyl (C=O) groups excluding carboxylic acids is 4. The van der Waals surface area contributed by atoms with Gasteiger partial charge in [-0.15, -0.1) is 0 Å². The summed E-state index contributed by atoms with van der Waals surface area (Å²) in [5.41, 5.74) is 6.92. The van der Waals surface area contributed by atoms with E-state index in [0.717, 1.165) is 5.56 Å². The molecular formula is C27H27N3O6. The molecule has 0 saturated heterocycles. The fourth-order valence-electron chi connectivity index (χ4n) is 3.41. The lowest BCUT2D eigenvalue weighted by atomic mass is 9.99. The second-order valence-electron chi connectivity index (χ2n) is 7.99. The van der Waals surface area contributed by atoms with Crippen molar-refractivity contribution in [2.75, 3.05) is 0 Å². The van der Waals surface area contributed by atoms with E-state index >= 15 is 0 Å². The van der Waals surface area contributed by atoms with E-state index in [2.05, 4.69) is 10.6 Å². The zero-order chi connectivity index (χ0) is 25.9. The molecule has 3 amide bonds. The minimum Gasteiger partial charge on any atom is -0.461 e. The number of hydrogen-bond donors (Lipinski definition) is 4. The van der Waals surface area contributed by atoms with Crippen LogP contribution in [-0.4, -0.2) is 40.9 Å². The first kappa shape index (κ1) is 26.1. The molecule has 3 aromatic carbocycles. The molecule has 3 aromatic rings. The summed E-state index contributed by atoms with van der Waals surface area (Å²) in [6.45, 7) is -0.0106. The highest BCUT2D eigenvalue weighted by Crippen LogP contribution is 2.19. The third-order valence-electron chi connectivity index (χ3n) is 5.34. The topological polar surface area (TPSA) is 148 Å². The van der Waals surface area contributed by atoms with Crippen LogP contribution in [0.3, 0.4) is 0 Å². The highest BCUT2D eigenvalue weighted by molar-refractivity contribution is 5.95. The molecule has 0 spiro atoms. The van der Waals surface area contributed by atoms with Crippen LogP contribution in [0.25, 0.3) is 0 Å². The second-order valence-corrected chi connectivity index (χ2v) is 7.99. The number of aliphatic hydroxyl groups is 1. The number of hydrogen-bond acceptors (Lipinski definition) is 6. The summed E-state index contributed by atoms with van der Waals surface area (Å²) >= 11 is 0. The molecule has 9 nitrogen and oxygen atoms in total. The van der Waals surface area contributed by atoms with Crippen LogP contribution < -0.4 is 16.4 Å². The van der Waals surface area contributed by atoms with E-state index in [1.54, 1.807) is 84.9 Å². The number of esters is 1. The zero-order valence-electron chi connectivity index (χ0n) is 19.4. The first-order chi connectivity index (χ1) is 17.3. The van der Waals surface area contributed by atoms with Crippen molar-refractivity contribution in [3.63, 3.8) is 0 Å². The monoisotopic (exact) mass is 489 g/mol. The van der Waals surface area contributed by atoms with Crippen molar-refractivity contribution in [2.45, 2.75) is 31.2 Å². The predicted molar refractivity (Wildman–Crippen MR) is 131 cm³/mol. The smallest absolute Gasteiger partial charge is 0.308 e. The fraction of sp³-hybridized carbons (Fsp3) is 0.185. The number of nitrogens with two attached hydrogens (primary N) is 1. The molecule has 0 unspecified atom stereocenters. The van der Waals surface area contributed by atoms with Gasteiger partial charge in [0, 0.05) is 5.56 Å². The van der Waals surface area contributed by atoms with Crippen molar-refractivity contribution in [3.05, 3.63) is 108 Å². The molecule has 0 bridgehead atoms. The molecule has 186 valence electrons. The first-order valence-electron chi connectivity index (χ1n) is 11.2. The van der Waals surface area contributed by atoms with E-state index in [0.29, 0.717) is 11.1 Å². The molecule has 0 heterocycles. The van der Waals surface area contributed by atoms with Crippen molar-refractivity contribution < 1.29 is 29.0 Å². The van der Waals surface area contributed by atoms with Crippen molar-refractivity contribution in [2.24, 2.45) is 5.73 Å². The van der Waals surface area contributed by atoms with Gasteiger partial charge < -0.3 is 26.2 Å². The lowest BCUT2D eigenvalue weighted by Gasteiger charge is -2.25. The summed E-state index contributed by atoms with van der Waals surface area (Å²) in [6, 6.07) is 23.1. The average molecular weight is 490 g/mol. The number of nitrogens with one attached hydrogen (secondary N) is 2. The average Bonchev–Trinajstić information content (AvgIpc) is 2.91. The number of aliphatic hydroxyl groups excluding tert-OH is 1.